The van der Waals surface area contributed by atoms with Gasteiger partial charge < -0.3 is 15.3 Å². The van der Waals surface area contributed by atoms with Crippen LogP contribution >= 0.6 is 0 Å². The van der Waals surface area contributed by atoms with Crippen LogP contribution in [0.4, 0.5) is 5.82 Å². The summed E-state index contributed by atoms with van der Waals surface area (Å²) >= 11 is 0. The van der Waals surface area contributed by atoms with E-state index < -0.39 is 0 Å². The van der Waals surface area contributed by atoms with E-state index in [1.54, 1.807) is 13.2 Å². The van der Waals surface area contributed by atoms with Crippen molar-refractivity contribution in [2.45, 2.75) is 19.4 Å². The van der Waals surface area contributed by atoms with Gasteiger partial charge in [-0.3, -0.25) is 4.79 Å². The van der Waals surface area contributed by atoms with E-state index in [1.807, 2.05) is 12.1 Å². The summed E-state index contributed by atoms with van der Waals surface area (Å²) in [5.41, 5.74) is 0.843. The molecule has 1 fully saturated rings. The number of nitrogens with one attached hydrogen (secondary N) is 1. The van der Waals surface area contributed by atoms with Crippen LogP contribution in [-0.2, 0) is 11.4 Å². The summed E-state index contributed by atoms with van der Waals surface area (Å²) in [5, 5.41) is 12.0. The van der Waals surface area contributed by atoms with E-state index in [9.17, 15) is 9.90 Å². The van der Waals surface area contributed by atoms with Crippen molar-refractivity contribution in [1.82, 2.24) is 10.3 Å². The number of aliphatic hydroxyl groups is 1. The molecule has 1 saturated heterocycles. The Morgan fingerprint density at radius 1 is 1.56 bits per heavy atom. The van der Waals surface area contributed by atoms with Crippen molar-refractivity contribution in [2.75, 3.05) is 25.0 Å². The molecule has 2 rings (SSSR count). The molecule has 0 bridgehead atoms. The number of rotatable bonds is 3. The van der Waals surface area contributed by atoms with Crippen molar-refractivity contribution in [3.05, 3.63) is 23.9 Å². The molecular formula is C13H19N3O2. The predicted octanol–water partition coefficient (Wildman–Crippen LogP) is 0.536. The lowest BCUT2D eigenvalue weighted by Gasteiger charge is -2.32. The standard InChI is InChI=1S/C13H19N3O2/c1-14-13(18)10-4-7-16(8-5-10)12-11(9-17)3-2-6-15-12/h2-3,6,10,17H,4-5,7-9H2,1H3,(H,14,18). The normalized spacial score (nSPS) is 16.7. The number of pyridine rings is 1. The second-order valence-corrected chi connectivity index (χ2v) is 4.52. The number of carbonyl (C=O) groups excluding carboxylic acids is 1. The van der Waals surface area contributed by atoms with Crippen molar-refractivity contribution in [2.24, 2.45) is 5.92 Å². The van der Waals surface area contributed by atoms with Crippen LogP contribution in [0.1, 0.15) is 18.4 Å². The number of aliphatic hydroxyl groups excluding tert-OH is 1. The first kappa shape index (κ1) is 12.8. The molecular weight excluding hydrogens is 230 g/mol. The van der Waals surface area contributed by atoms with E-state index in [1.165, 1.54) is 0 Å². The Kier molecular flexibility index (Phi) is 4.15. The molecule has 1 aliphatic rings. The molecule has 98 valence electrons. The second kappa shape index (κ2) is 5.82. The summed E-state index contributed by atoms with van der Waals surface area (Å²) in [5.74, 6) is 1.07. The van der Waals surface area contributed by atoms with Gasteiger partial charge in [0.25, 0.3) is 0 Å². The maximum atomic E-state index is 11.5. The van der Waals surface area contributed by atoms with Gasteiger partial charge in [-0.15, -0.1) is 0 Å². The van der Waals surface area contributed by atoms with Gasteiger partial charge in [0.2, 0.25) is 5.91 Å². The van der Waals surface area contributed by atoms with Crippen molar-refractivity contribution in [3.8, 4) is 0 Å². The first-order chi connectivity index (χ1) is 8.76. The summed E-state index contributed by atoms with van der Waals surface area (Å²) in [7, 11) is 1.68. The van der Waals surface area contributed by atoms with E-state index in [0.717, 1.165) is 37.3 Å². The molecule has 0 aliphatic carbocycles. The summed E-state index contributed by atoms with van der Waals surface area (Å²) in [4.78, 5) is 18.0. The fourth-order valence-electron chi connectivity index (χ4n) is 2.40. The van der Waals surface area contributed by atoms with E-state index in [2.05, 4.69) is 15.2 Å². The van der Waals surface area contributed by atoms with E-state index in [0.29, 0.717) is 0 Å². The zero-order valence-corrected chi connectivity index (χ0v) is 10.6. The highest BCUT2D eigenvalue weighted by Crippen LogP contribution is 2.24. The van der Waals surface area contributed by atoms with Crippen LogP contribution in [0.3, 0.4) is 0 Å². The zero-order valence-electron chi connectivity index (χ0n) is 10.6. The van der Waals surface area contributed by atoms with Crippen LogP contribution in [0.15, 0.2) is 18.3 Å². The molecule has 18 heavy (non-hydrogen) atoms. The number of piperidine rings is 1. The molecule has 5 heteroatoms. The third-order valence-corrected chi connectivity index (χ3v) is 3.45. The molecule has 1 aliphatic heterocycles. The van der Waals surface area contributed by atoms with Crippen LogP contribution in [0, 0.1) is 5.92 Å². The fourth-order valence-corrected chi connectivity index (χ4v) is 2.40. The first-order valence-electron chi connectivity index (χ1n) is 6.27. The van der Waals surface area contributed by atoms with Gasteiger partial charge in [0, 0.05) is 37.8 Å². The van der Waals surface area contributed by atoms with Crippen LogP contribution in [0.2, 0.25) is 0 Å². The maximum Gasteiger partial charge on any atom is 0.222 e. The van der Waals surface area contributed by atoms with Crippen molar-refractivity contribution in [3.63, 3.8) is 0 Å². The van der Waals surface area contributed by atoms with Gasteiger partial charge in [-0.2, -0.15) is 0 Å². The Labute approximate surface area is 107 Å². The number of anilines is 1. The van der Waals surface area contributed by atoms with Crippen LogP contribution < -0.4 is 10.2 Å². The highest BCUT2D eigenvalue weighted by atomic mass is 16.3. The predicted molar refractivity (Wildman–Crippen MR) is 69.2 cm³/mol. The van der Waals surface area contributed by atoms with E-state index in [-0.39, 0.29) is 18.4 Å². The maximum absolute atomic E-state index is 11.5. The second-order valence-electron chi connectivity index (χ2n) is 4.52. The van der Waals surface area contributed by atoms with Crippen LogP contribution in [0.25, 0.3) is 0 Å². The van der Waals surface area contributed by atoms with E-state index in [4.69, 9.17) is 0 Å². The van der Waals surface area contributed by atoms with Crippen molar-refractivity contribution in [1.29, 1.82) is 0 Å². The number of carbonyl (C=O) groups is 1. The first-order valence-corrected chi connectivity index (χ1v) is 6.27. The van der Waals surface area contributed by atoms with Gasteiger partial charge in [0.15, 0.2) is 0 Å². The average Bonchev–Trinajstić information content (AvgIpc) is 2.46. The highest BCUT2D eigenvalue weighted by molar-refractivity contribution is 5.78. The van der Waals surface area contributed by atoms with Crippen LogP contribution in [0.5, 0.6) is 0 Å². The molecule has 0 spiro atoms. The minimum absolute atomic E-state index is 0.00144. The van der Waals surface area contributed by atoms with Crippen molar-refractivity contribution < 1.29 is 9.90 Å². The molecule has 0 saturated carbocycles. The lowest BCUT2D eigenvalue weighted by atomic mass is 9.96. The molecule has 1 amide bonds. The van der Waals surface area contributed by atoms with Gasteiger partial charge >= 0.3 is 0 Å². The number of amides is 1. The van der Waals surface area contributed by atoms with Gasteiger partial charge in [-0.1, -0.05) is 6.07 Å². The number of aromatic nitrogens is 1. The number of nitrogens with zero attached hydrogens (tertiary/aromatic N) is 2. The monoisotopic (exact) mass is 249 g/mol. The molecule has 0 unspecified atom stereocenters. The van der Waals surface area contributed by atoms with Gasteiger partial charge in [0.1, 0.15) is 5.82 Å². The fraction of sp³-hybridized carbons (Fsp3) is 0.538. The third kappa shape index (κ3) is 2.61. The summed E-state index contributed by atoms with van der Waals surface area (Å²) in [6, 6.07) is 3.71. The molecule has 5 nitrogen and oxygen atoms in total. The molecule has 0 atom stereocenters. The SMILES string of the molecule is CNC(=O)C1CCN(c2ncccc2CO)CC1. The Morgan fingerprint density at radius 3 is 2.89 bits per heavy atom. The number of hydrogen-bond acceptors (Lipinski definition) is 4. The van der Waals surface area contributed by atoms with Crippen LogP contribution in [-0.4, -0.2) is 36.1 Å². The van der Waals surface area contributed by atoms with Gasteiger partial charge in [0.05, 0.1) is 6.61 Å². The molecule has 1 aromatic heterocycles. The number of hydrogen-bond donors (Lipinski definition) is 2. The summed E-state index contributed by atoms with van der Waals surface area (Å²) in [6.45, 7) is 1.61. The largest absolute Gasteiger partial charge is 0.392 e. The smallest absolute Gasteiger partial charge is 0.222 e. The molecule has 1 aromatic rings. The summed E-state index contributed by atoms with van der Waals surface area (Å²) < 4.78 is 0. The minimum Gasteiger partial charge on any atom is -0.392 e. The van der Waals surface area contributed by atoms with Gasteiger partial charge in [-0.25, -0.2) is 4.98 Å². The Bertz CT molecular complexity index is 414. The molecule has 2 heterocycles. The molecule has 0 radical (unpaired) electrons. The van der Waals surface area contributed by atoms with E-state index >= 15 is 0 Å². The van der Waals surface area contributed by atoms with Gasteiger partial charge in [-0.05, 0) is 18.9 Å². The quantitative estimate of drug-likeness (QED) is 0.820. The highest BCUT2D eigenvalue weighted by Gasteiger charge is 2.25. The molecule has 0 aromatic carbocycles. The Morgan fingerprint density at radius 2 is 2.28 bits per heavy atom. The lowest BCUT2D eigenvalue weighted by molar-refractivity contribution is -0.125. The molecule has 2 N–H and O–H groups in total. The zero-order chi connectivity index (χ0) is 13.0. The Hall–Kier alpha value is -1.62. The summed E-state index contributed by atoms with van der Waals surface area (Å²) in [6.07, 6.45) is 3.40. The van der Waals surface area contributed by atoms with Crippen molar-refractivity contribution >= 4 is 11.7 Å². The minimum atomic E-state index is -0.00144. The topological polar surface area (TPSA) is 65.5 Å². The Balaban J connectivity index is 2.03. The lowest BCUT2D eigenvalue weighted by Crippen LogP contribution is -2.40. The third-order valence-electron chi connectivity index (χ3n) is 3.45. The average molecular weight is 249 g/mol.